The lowest BCUT2D eigenvalue weighted by atomic mass is 9.25. The summed E-state index contributed by atoms with van der Waals surface area (Å²) >= 11 is 0. The molecule has 194 valence electrons. The lowest BCUT2D eigenvalue weighted by Gasteiger charge is -2.49. The summed E-state index contributed by atoms with van der Waals surface area (Å²) in [5, 5.41) is 0. The van der Waals surface area contributed by atoms with Gasteiger partial charge in [-0.3, -0.25) is 0 Å². The third-order valence-corrected chi connectivity index (χ3v) is 9.26. The largest absolute Gasteiger partial charge is 0.491 e. The molecule has 2 nitrogen and oxygen atoms in total. The zero-order chi connectivity index (χ0) is 24.4. The molecule has 3 aliphatic carbocycles. The minimum absolute atomic E-state index is 0.347. The van der Waals surface area contributed by atoms with Crippen LogP contribution in [0.2, 0.25) is 11.6 Å². The molecule has 4 atom stereocenters. The normalized spacial score (nSPS) is 35.4. The lowest BCUT2D eigenvalue weighted by molar-refractivity contribution is 0.0638. The van der Waals surface area contributed by atoms with Crippen LogP contribution in [0.1, 0.15) is 109 Å². The average molecular weight is 487 g/mol. The quantitative estimate of drug-likeness (QED) is 0.317. The van der Waals surface area contributed by atoms with Gasteiger partial charge >= 0.3 is 0 Å². The van der Waals surface area contributed by atoms with E-state index in [0.717, 1.165) is 11.5 Å². The summed E-state index contributed by atoms with van der Waals surface area (Å²) in [6.45, 7) is 0.560. The van der Waals surface area contributed by atoms with E-state index in [9.17, 15) is 0 Å². The first-order valence-corrected chi connectivity index (χ1v) is 15.4. The maximum Gasteiger partial charge on any atom is 0.199 e. The standard InChI is InChI=1S/C33H47BO2/c1-3-9-15-21-27-29(23-17-11-4-1)35-31-25-19-13-5-2-6-14-20-26-32-33(31)34(27)28-22-16-10-7-8-12-18-24-30(28)36-32/h2,5-6,13-14,19-20,25-30H,1,3-4,7-12,15-18,21-24H2/b5-2?,6-2?,13-5?,14-6?,19-13-,20-14?,25-19?,26-20-,31-25+,32-26?. The number of rotatable bonds is 0. The summed E-state index contributed by atoms with van der Waals surface area (Å²) < 4.78 is 13.9. The van der Waals surface area contributed by atoms with Gasteiger partial charge in [0, 0.05) is 5.47 Å². The molecular weight excluding hydrogens is 439 g/mol. The molecule has 0 aromatic heterocycles. The SMILES string of the molecule is C1=C/C=C\C=C2\OC3CCCCCCCCCC3B3C2=C(/C=C\C=C1)OC1CCCCCCCCC31. The molecule has 0 aromatic carbocycles. The molecule has 0 N–H and O–H groups in total. The predicted octanol–water partition coefficient (Wildman–Crippen LogP) is 9.59. The van der Waals surface area contributed by atoms with Crippen LogP contribution in [0.25, 0.3) is 0 Å². The van der Waals surface area contributed by atoms with Gasteiger partial charge in [0.25, 0.3) is 0 Å². The number of fused-ring (bicyclic) bond motifs is 4. The second-order valence-electron chi connectivity index (χ2n) is 11.7. The Morgan fingerprint density at radius 1 is 0.500 bits per heavy atom. The van der Waals surface area contributed by atoms with Crippen molar-refractivity contribution < 1.29 is 9.47 Å². The molecule has 0 bridgehead atoms. The molecule has 2 heterocycles. The highest BCUT2D eigenvalue weighted by molar-refractivity contribution is 6.71. The van der Waals surface area contributed by atoms with E-state index in [0.29, 0.717) is 30.6 Å². The zero-order valence-corrected chi connectivity index (χ0v) is 22.4. The minimum atomic E-state index is 0.347. The van der Waals surface area contributed by atoms with Crippen molar-refractivity contribution in [3.8, 4) is 0 Å². The Morgan fingerprint density at radius 2 is 0.972 bits per heavy atom. The van der Waals surface area contributed by atoms with Gasteiger partial charge in [-0.1, -0.05) is 126 Å². The van der Waals surface area contributed by atoms with Gasteiger partial charge in [0.15, 0.2) is 6.71 Å². The molecule has 1 saturated heterocycles. The van der Waals surface area contributed by atoms with Gasteiger partial charge < -0.3 is 9.47 Å². The number of hydrogen-bond acceptors (Lipinski definition) is 2. The highest BCUT2D eigenvalue weighted by Crippen LogP contribution is 2.52. The molecule has 3 heteroatoms. The molecule has 2 saturated carbocycles. The van der Waals surface area contributed by atoms with Crippen LogP contribution in [0, 0.1) is 0 Å². The van der Waals surface area contributed by atoms with Gasteiger partial charge in [-0.2, -0.15) is 0 Å². The van der Waals surface area contributed by atoms with E-state index >= 15 is 0 Å². The molecule has 36 heavy (non-hydrogen) atoms. The van der Waals surface area contributed by atoms with Gasteiger partial charge in [0.05, 0.1) is 12.2 Å². The van der Waals surface area contributed by atoms with Crippen molar-refractivity contribution in [2.45, 2.75) is 133 Å². The van der Waals surface area contributed by atoms with Crippen molar-refractivity contribution in [3.63, 3.8) is 0 Å². The Labute approximate surface area is 220 Å². The van der Waals surface area contributed by atoms with Crippen LogP contribution in [0.15, 0.2) is 71.7 Å². The van der Waals surface area contributed by atoms with Gasteiger partial charge in [0.2, 0.25) is 0 Å². The third-order valence-electron chi connectivity index (χ3n) is 9.26. The molecular formula is C33H47BO2. The van der Waals surface area contributed by atoms with Gasteiger partial charge in [-0.05, 0) is 49.5 Å². The monoisotopic (exact) mass is 486 g/mol. The number of allylic oxidation sites excluding steroid dienone is 10. The highest BCUT2D eigenvalue weighted by Gasteiger charge is 2.52. The van der Waals surface area contributed by atoms with Crippen molar-refractivity contribution in [3.05, 3.63) is 71.7 Å². The summed E-state index contributed by atoms with van der Waals surface area (Å²) in [4.78, 5) is 0. The van der Waals surface area contributed by atoms with E-state index in [4.69, 9.17) is 9.47 Å². The first-order chi connectivity index (χ1) is 17.9. The fourth-order valence-electron chi connectivity index (χ4n) is 7.47. The Morgan fingerprint density at radius 3 is 1.58 bits per heavy atom. The Hall–Kier alpha value is -1.90. The van der Waals surface area contributed by atoms with E-state index in [1.165, 1.54) is 115 Å². The number of hydrogen-bond donors (Lipinski definition) is 0. The molecule has 5 aliphatic rings. The van der Waals surface area contributed by atoms with Crippen molar-refractivity contribution >= 4 is 6.71 Å². The third kappa shape index (κ3) is 6.50. The van der Waals surface area contributed by atoms with Crippen molar-refractivity contribution in [1.29, 1.82) is 0 Å². The van der Waals surface area contributed by atoms with Crippen molar-refractivity contribution in [2.24, 2.45) is 0 Å². The first-order valence-electron chi connectivity index (χ1n) is 15.4. The molecule has 0 spiro atoms. The Bertz CT molecular complexity index is 891. The van der Waals surface area contributed by atoms with E-state index in [1.54, 1.807) is 0 Å². The summed E-state index contributed by atoms with van der Waals surface area (Å²) in [6.07, 6.45) is 42.9. The molecule has 5 rings (SSSR count). The van der Waals surface area contributed by atoms with E-state index < -0.39 is 0 Å². The summed E-state index contributed by atoms with van der Waals surface area (Å²) in [5.41, 5.74) is 1.38. The molecule has 4 unspecified atom stereocenters. The van der Waals surface area contributed by atoms with E-state index in [-0.39, 0.29) is 0 Å². The smallest absolute Gasteiger partial charge is 0.199 e. The van der Waals surface area contributed by atoms with Crippen LogP contribution in [0.4, 0.5) is 0 Å². The summed E-state index contributed by atoms with van der Waals surface area (Å²) in [6, 6.07) is 0. The highest BCUT2D eigenvalue weighted by atomic mass is 16.5. The van der Waals surface area contributed by atoms with Crippen LogP contribution in [0.5, 0.6) is 0 Å². The van der Waals surface area contributed by atoms with E-state index in [2.05, 4.69) is 54.7 Å². The fourth-order valence-corrected chi connectivity index (χ4v) is 7.47. The van der Waals surface area contributed by atoms with Crippen LogP contribution in [-0.4, -0.2) is 18.9 Å². The molecule has 3 fully saturated rings. The fraction of sp³-hybridized carbons (Fsp3) is 0.636. The van der Waals surface area contributed by atoms with Gasteiger partial charge in [-0.15, -0.1) is 0 Å². The topological polar surface area (TPSA) is 18.5 Å². The van der Waals surface area contributed by atoms with Gasteiger partial charge in [-0.25, -0.2) is 0 Å². The molecule has 0 radical (unpaired) electrons. The van der Waals surface area contributed by atoms with Crippen molar-refractivity contribution in [2.75, 3.05) is 0 Å². The lowest BCUT2D eigenvalue weighted by Crippen LogP contribution is -2.49. The van der Waals surface area contributed by atoms with Crippen LogP contribution >= 0.6 is 0 Å². The second kappa shape index (κ2) is 13.6. The zero-order valence-electron chi connectivity index (χ0n) is 22.4. The summed E-state index contributed by atoms with van der Waals surface area (Å²) in [5.74, 6) is 3.40. The summed E-state index contributed by atoms with van der Waals surface area (Å²) in [7, 11) is 0. The van der Waals surface area contributed by atoms with Crippen LogP contribution in [0.3, 0.4) is 0 Å². The minimum Gasteiger partial charge on any atom is -0.491 e. The Kier molecular flexibility index (Phi) is 9.72. The number of ether oxygens (including phenoxy) is 2. The maximum absolute atomic E-state index is 6.98. The second-order valence-corrected chi connectivity index (χ2v) is 11.7. The van der Waals surface area contributed by atoms with Gasteiger partial charge in [0.1, 0.15) is 11.5 Å². The van der Waals surface area contributed by atoms with E-state index in [1.807, 2.05) is 0 Å². The molecule has 0 aromatic rings. The van der Waals surface area contributed by atoms with Crippen molar-refractivity contribution in [1.82, 2.24) is 0 Å². The Balaban J connectivity index is 1.58. The predicted molar refractivity (Wildman–Crippen MR) is 153 cm³/mol. The molecule has 0 amide bonds. The average Bonchev–Trinajstić information content (AvgIpc) is 2.94. The van der Waals surface area contributed by atoms with Crippen LogP contribution in [-0.2, 0) is 9.47 Å². The first kappa shape index (κ1) is 25.7. The van der Waals surface area contributed by atoms with Crippen LogP contribution < -0.4 is 0 Å². The molecule has 2 aliphatic heterocycles. The maximum atomic E-state index is 6.98.